The molecule has 3 aliphatic rings. The zero-order valence-corrected chi connectivity index (χ0v) is 21.2. The van der Waals surface area contributed by atoms with Crippen LogP contribution in [-0.4, -0.2) is 35.6 Å². The predicted molar refractivity (Wildman–Crippen MR) is 137 cm³/mol. The lowest BCUT2D eigenvalue weighted by Crippen LogP contribution is -2.50. The molecular weight excluding hydrogens is 479 g/mol. The fourth-order valence-corrected chi connectivity index (χ4v) is 6.09. The summed E-state index contributed by atoms with van der Waals surface area (Å²) in [6.07, 6.45) is 2.13. The first-order chi connectivity index (χ1) is 17.7. The molecule has 198 valence electrons. The van der Waals surface area contributed by atoms with Crippen LogP contribution in [0.5, 0.6) is 5.75 Å². The Balaban J connectivity index is 1.26. The third kappa shape index (κ3) is 5.71. The van der Waals surface area contributed by atoms with Gasteiger partial charge in [0.2, 0.25) is 0 Å². The van der Waals surface area contributed by atoms with Crippen molar-refractivity contribution in [2.45, 2.75) is 70.6 Å². The van der Waals surface area contributed by atoms with E-state index in [0.717, 1.165) is 51.5 Å². The molecule has 0 radical (unpaired) electrons. The van der Waals surface area contributed by atoms with Crippen molar-refractivity contribution in [1.29, 1.82) is 0 Å². The first-order valence-electron chi connectivity index (χ1n) is 13.3. The molecule has 2 aromatic rings. The molecule has 2 fully saturated rings. The summed E-state index contributed by atoms with van der Waals surface area (Å²) in [5.41, 5.74) is 5.34. The van der Waals surface area contributed by atoms with Crippen molar-refractivity contribution in [2.75, 3.05) is 19.6 Å². The number of aliphatic carboxylic acids is 1. The van der Waals surface area contributed by atoms with E-state index in [9.17, 15) is 18.0 Å². The van der Waals surface area contributed by atoms with E-state index in [4.69, 9.17) is 9.84 Å². The molecule has 37 heavy (non-hydrogen) atoms. The summed E-state index contributed by atoms with van der Waals surface area (Å²) < 4.78 is 47.6. The molecule has 0 aromatic heterocycles. The average Bonchev–Trinajstić information content (AvgIpc) is 2.85. The van der Waals surface area contributed by atoms with E-state index in [0.29, 0.717) is 30.0 Å². The van der Waals surface area contributed by atoms with Crippen LogP contribution in [-0.2, 0) is 24.0 Å². The molecule has 5 rings (SSSR count). The van der Waals surface area contributed by atoms with Crippen LogP contribution in [0.4, 0.5) is 13.2 Å². The van der Waals surface area contributed by atoms with E-state index in [2.05, 4.69) is 11.8 Å². The highest BCUT2D eigenvalue weighted by molar-refractivity contribution is 5.73. The van der Waals surface area contributed by atoms with Crippen molar-refractivity contribution in [3.05, 3.63) is 69.8 Å². The van der Waals surface area contributed by atoms with Gasteiger partial charge >= 0.3 is 12.1 Å². The van der Waals surface area contributed by atoms with E-state index >= 15 is 0 Å². The Bertz CT molecular complexity index is 1190. The molecule has 1 heterocycles. The number of carbonyl (C=O) groups is 1. The van der Waals surface area contributed by atoms with Gasteiger partial charge in [-0.15, -0.1) is 0 Å². The summed E-state index contributed by atoms with van der Waals surface area (Å²) >= 11 is 0. The van der Waals surface area contributed by atoms with Crippen molar-refractivity contribution < 1.29 is 27.8 Å². The van der Waals surface area contributed by atoms with Gasteiger partial charge < -0.3 is 9.84 Å². The fourth-order valence-electron chi connectivity index (χ4n) is 6.09. The number of alkyl halides is 3. The molecule has 0 unspecified atom stereocenters. The van der Waals surface area contributed by atoms with Crippen LogP contribution in [0.3, 0.4) is 0 Å². The molecule has 0 atom stereocenters. The highest BCUT2D eigenvalue weighted by Crippen LogP contribution is 2.41. The number of likely N-dealkylation sites (tertiary alicyclic amines) is 1. The maximum Gasteiger partial charge on any atom is 0.416 e. The van der Waals surface area contributed by atoms with Gasteiger partial charge in [0.05, 0.1) is 11.5 Å². The van der Waals surface area contributed by atoms with Crippen LogP contribution < -0.4 is 4.74 Å². The number of rotatable bonds is 7. The summed E-state index contributed by atoms with van der Waals surface area (Å²) in [5.74, 6) is -0.334. The number of nitrogens with zero attached hydrogens (tertiary/aromatic N) is 1. The third-order valence-electron chi connectivity index (χ3n) is 8.30. The topological polar surface area (TPSA) is 49.8 Å². The average molecular weight is 514 g/mol. The van der Waals surface area contributed by atoms with Crippen LogP contribution in [0.15, 0.2) is 42.0 Å². The largest absolute Gasteiger partial charge is 0.489 e. The standard InChI is InChI=1S/C30H34F3NO3/c1-19-23(15-34-16-24(17-34)29(35)36)9-8-22-14-25(10-12-26(19)22)37-18-20-7-11-27(21-5-3-2-4-6-21)28(13-20)30(31,32)33/h7,10-14,21,24H,2-6,8-9,15-18H2,1H3,(H,35,36). The number of allylic oxidation sites excluding steroid dienone is 1. The van der Waals surface area contributed by atoms with Crippen LogP contribution >= 0.6 is 0 Å². The monoisotopic (exact) mass is 513 g/mol. The van der Waals surface area contributed by atoms with Gasteiger partial charge in [0, 0.05) is 19.6 Å². The van der Waals surface area contributed by atoms with Crippen molar-refractivity contribution in [2.24, 2.45) is 5.92 Å². The molecular formula is C30H34F3NO3. The van der Waals surface area contributed by atoms with Gasteiger partial charge in [-0.3, -0.25) is 9.69 Å². The summed E-state index contributed by atoms with van der Waals surface area (Å²) in [6, 6.07) is 10.6. The molecule has 2 aliphatic carbocycles. The smallest absolute Gasteiger partial charge is 0.416 e. The second-order valence-electron chi connectivity index (χ2n) is 10.8. The lowest BCUT2D eigenvalue weighted by atomic mass is 9.81. The van der Waals surface area contributed by atoms with Gasteiger partial charge in [-0.2, -0.15) is 13.2 Å². The molecule has 1 aliphatic heterocycles. The van der Waals surface area contributed by atoms with Gasteiger partial charge in [-0.25, -0.2) is 0 Å². The van der Waals surface area contributed by atoms with Gasteiger partial charge in [0.25, 0.3) is 0 Å². The van der Waals surface area contributed by atoms with E-state index in [1.54, 1.807) is 12.1 Å². The number of ether oxygens (including phenoxy) is 1. The molecule has 4 nitrogen and oxygen atoms in total. The number of hydrogen-bond donors (Lipinski definition) is 1. The Labute approximate surface area is 216 Å². The van der Waals surface area contributed by atoms with Gasteiger partial charge in [-0.1, -0.05) is 43.0 Å². The van der Waals surface area contributed by atoms with Crippen LogP contribution in [0, 0.1) is 5.92 Å². The van der Waals surface area contributed by atoms with Crippen molar-refractivity contribution in [1.82, 2.24) is 4.90 Å². The van der Waals surface area contributed by atoms with Crippen LogP contribution in [0.1, 0.15) is 79.2 Å². The second kappa shape index (κ2) is 10.5. The highest BCUT2D eigenvalue weighted by Gasteiger charge is 2.36. The third-order valence-corrected chi connectivity index (χ3v) is 8.30. The summed E-state index contributed by atoms with van der Waals surface area (Å²) in [5, 5.41) is 9.10. The maximum atomic E-state index is 13.9. The van der Waals surface area contributed by atoms with Gasteiger partial charge in [-0.05, 0) is 84.6 Å². The normalized spacial score (nSPS) is 19.5. The van der Waals surface area contributed by atoms with Crippen molar-refractivity contribution in [3.8, 4) is 5.75 Å². The second-order valence-corrected chi connectivity index (χ2v) is 10.8. The minimum atomic E-state index is -4.37. The number of benzene rings is 2. The Morgan fingerprint density at radius 2 is 1.81 bits per heavy atom. The van der Waals surface area contributed by atoms with Crippen molar-refractivity contribution >= 4 is 11.5 Å². The lowest BCUT2D eigenvalue weighted by molar-refractivity contribution is -0.147. The molecule has 7 heteroatoms. The molecule has 0 bridgehead atoms. The quantitative estimate of drug-likeness (QED) is 0.430. The van der Waals surface area contributed by atoms with E-state index in [1.165, 1.54) is 28.3 Å². The van der Waals surface area contributed by atoms with E-state index in [-0.39, 0.29) is 18.4 Å². The number of hydrogen-bond acceptors (Lipinski definition) is 3. The van der Waals surface area contributed by atoms with E-state index in [1.807, 2.05) is 18.2 Å². The predicted octanol–water partition coefficient (Wildman–Crippen LogP) is 7.07. The number of aryl methyl sites for hydroxylation is 1. The molecule has 0 spiro atoms. The summed E-state index contributed by atoms with van der Waals surface area (Å²) in [4.78, 5) is 13.2. The Hall–Kier alpha value is -2.80. The van der Waals surface area contributed by atoms with Crippen molar-refractivity contribution in [3.63, 3.8) is 0 Å². The molecule has 1 N–H and O–H groups in total. The first-order valence-corrected chi connectivity index (χ1v) is 13.3. The number of halogens is 3. The molecule has 2 aromatic carbocycles. The number of carboxylic acid groups (broad SMARTS) is 1. The summed E-state index contributed by atoms with van der Waals surface area (Å²) in [6.45, 7) is 4.19. The Kier molecular flexibility index (Phi) is 7.35. The zero-order chi connectivity index (χ0) is 26.2. The lowest BCUT2D eigenvalue weighted by Gasteiger charge is -2.38. The molecule has 1 saturated carbocycles. The fraction of sp³-hybridized carbons (Fsp3) is 0.500. The first kappa shape index (κ1) is 25.8. The Morgan fingerprint density at radius 3 is 2.51 bits per heavy atom. The van der Waals surface area contributed by atoms with E-state index < -0.39 is 17.7 Å². The number of fused-ring (bicyclic) bond motifs is 1. The van der Waals surface area contributed by atoms with Crippen LogP contribution in [0.2, 0.25) is 0 Å². The Morgan fingerprint density at radius 1 is 1.05 bits per heavy atom. The van der Waals surface area contributed by atoms with Gasteiger partial charge in [0.1, 0.15) is 12.4 Å². The van der Waals surface area contributed by atoms with Gasteiger partial charge in [0.15, 0.2) is 0 Å². The number of carboxylic acids is 1. The highest BCUT2D eigenvalue weighted by atomic mass is 19.4. The molecule has 0 amide bonds. The SMILES string of the molecule is CC1=C(CN2CC(C(=O)O)C2)CCc2cc(OCc3ccc(C4CCCCC4)c(C(F)(F)F)c3)ccc21. The molecule has 1 saturated heterocycles. The minimum Gasteiger partial charge on any atom is -0.489 e. The zero-order valence-electron chi connectivity index (χ0n) is 21.2. The maximum absolute atomic E-state index is 13.9. The minimum absolute atomic E-state index is 0.0122. The van der Waals surface area contributed by atoms with Crippen LogP contribution in [0.25, 0.3) is 5.57 Å². The summed E-state index contributed by atoms with van der Waals surface area (Å²) in [7, 11) is 0.